The van der Waals surface area contributed by atoms with Gasteiger partial charge in [0.05, 0.1) is 37.1 Å². The smallest absolute Gasteiger partial charge is 0.329 e. The van der Waals surface area contributed by atoms with Gasteiger partial charge in [0.2, 0.25) is 0 Å². The van der Waals surface area contributed by atoms with Crippen LogP contribution in [0.5, 0.6) is 0 Å². The van der Waals surface area contributed by atoms with Crippen LogP contribution in [0.4, 0.5) is 0 Å². The molecule has 0 bridgehead atoms. The van der Waals surface area contributed by atoms with Gasteiger partial charge in [-0.05, 0) is 36.0 Å². The van der Waals surface area contributed by atoms with E-state index in [9.17, 15) is 9.59 Å². The molecule has 0 aliphatic carbocycles. The van der Waals surface area contributed by atoms with Crippen LogP contribution in [-0.4, -0.2) is 71.2 Å². The number of hydroxylamine groups is 1. The first-order valence-corrected chi connectivity index (χ1v) is 12.5. The van der Waals surface area contributed by atoms with E-state index in [0.717, 1.165) is 23.1 Å². The molecule has 2 aliphatic heterocycles. The molecule has 0 amide bonds. The lowest BCUT2D eigenvalue weighted by atomic mass is 9.84. The van der Waals surface area contributed by atoms with Gasteiger partial charge in [-0.25, -0.2) is 4.79 Å². The Hall–Kier alpha value is -3.31. The van der Waals surface area contributed by atoms with E-state index in [1.165, 1.54) is 0 Å². The Bertz CT molecular complexity index is 1050. The molecular weight excluding hydrogens is 476 g/mol. The number of hydrogen-bond donors (Lipinski definition) is 4. The topological polar surface area (TPSA) is 133 Å². The second-order valence-corrected chi connectivity index (χ2v) is 9.63. The minimum absolute atomic E-state index is 0.0100. The molecule has 2 atom stereocenters. The molecule has 0 spiro atoms. The van der Waals surface area contributed by atoms with Crippen molar-refractivity contribution < 1.29 is 29.4 Å². The average Bonchev–Trinajstić information content (AvgIpc) is 3.36. The molecule has 4 N–H and O–H groups in total. The van der Waals surface area contributed by atoms with E-state index in [1.807, 2.05) is 59.5 Å². The number of nitrogens with zero attached hydrogens (tertiary/aromatic N) is 2. The highest BCUT2D eigenvalue weighted by atomic mass is 16.7. The summed E-state index contributed by atoms with van der Waals surface area (Å²) in [7, 11) is 0. The summed E-state index contributed by atoms with van der Waals surface area (Å²) in [4.78, 5) is 29.9. The third kappa shape index (κ3) is 8.09. The first kappa shape index (κ1) is 26.7. The average molecular weight is 511 g/mol. The normalized spacial score (nSPS) is 21.7. The van der Waals surface area contributed by atoms with Crippen molar-refractivity contribution >= 4 is 18.2 Å². The quantitative estimate of drug-likeness (QED) is 0.251. The van der Waals surface area contributed by atoms with Crippen molar-refractivity contribution in [2.75, 3.05) is 26.2 Å². The molecule has 4 rings (SSSR count). The molecule has 2 aromatic rings. The number of ether oxygens (including phenoxy) is 1. The molecule has 0 aromatic heterocycles. The maximum Gasteiger partial charge on any atom is 0.329 e. The fourth-order valence-corrected chi connectivity index (χ4v) is 4.88. The molecule has 2 fully saturated rings. The van der Waals surface area contributed by atoms with Crippen LogP contribution >= 0.6 is 0 Å². The Balaban J connectivity index is 1.28. The Labute approximate surface area is 216 Å². The fourth-order valence-electron chi connectivity index (χ4n) is 4.88. The highest BCUT2D eigenvalue weighted by Crippen LogP contribution is 2.36. The molecule has 0 saturated carbocycles. The number of carboxylic acids is 2. The summed E-state index contributed by atoms with van der Waals surface area (Å²) in [6.45, 7) is 1.33. The summed E-state index contributed by atoms with van der Waals surface area (Å²) in [6.07, 6.45) is 4.03. The molecule has 2 saturated heterocycles. The van der Waals surface area contributed by atoms with E-state index < -0.39 is 17.5 Å². The number of benzene rings is 2. The van der Waals surface area contributed by atoms with Gasteiger partial charge in [-0.1, -0.05) is 54.6 Å². The maximum absolute atomic E-state index is 11.2. The third-order valence-corrected chi connectivity index (χ3v) is 6.87. The predicted octanol–water partition coefficient (Wildman–Crippen LogP) is 2.56. The van der Waals surface area contributed by atoms with Gasteiger partial charge < -0.3 is 20.4 Å². The highest BCUT2D eigenvalue weighted by molar-refractivity contribution is 5.79. The van der Waals surface area contributed by atoms with Crippen molar-refractivity contribution in [3.8, 4) is 0 Å². The number of piperidine rings is 1. The molecule has 2 unspecified atom stereocenters. The summed E-state index contributed by atoms with van der Waals surface area (Å²) >= 11 is 0. The number of hydrazone groups is 1. The van der Waals surface area contributed by atoms with Crippen LogP contribution in [0.15, 0.2) is 59.7 Å². The second kappa shape index (κ2) is 12.8. The van der Waals surface area contributed by atoms with E-state index in [1.54, 1.807) is 6.21 Å². The zero-order chi connectivity index (χ0) is 26.1. The van der Waals surface area contributed by atoms with Crippen LogP contribution < -0.4 is 10.9 Å². The van der Waals surface area contributed by atoms with E-state index in [-0.39, 0.29) is 25.3 Å². The maximum atomic E-state index is 11.2. The van der Waals surface area contributed by atoms with Gasteiger partial charge in [-0.3, -0.25) is 14.5 Å². The number of likely N-dealkylation sites (tertiary alicyclic amines) is 1. The lowest BCUT2D eigenvalue weighted by molar-refractivity contribution is -0.159. The van der Waals surface area contributed by atoms with Crippen LogP contribution in [0.1, 0.15) is 48.4 Å². The first-order chi connectivity index (χ1) is 17.9. The van der Waals surface area contributed by atoms with Gasteiger partial charge in [0.1, 0.15) is 6.61 Å². The number of rotatable bonds is 12. The monoisotopic (exact) mass is 510 g/mol. The van der Waals surface area contributed by atoms with Crippen LogP contribution in [0, 0.1) is 0 Å². The molecule has 2 aromatic carbocycles. The largest absolute Gasteiger partial charge is 0.480 e. The van der Waals surface area contributed by atoms with Gasteiger partial charge in [-0.15, -0.1) is 0 Å². The molecule has 10 nitrogen and oxygen atoms in total. The number of carboxylic acid groups (broad SMARTS) is 2. The highest BCUT2D eigenvalue weighted by Gasteiger charge is 2.41. The first-order valence-electron chi connectivity index (χ1n) is 12.5. The molecule has 37 heavy (non-hydrogen) atoms. The summed E-state index contributed by atoms with van der Waals surface area (Å²) < 4.78 is 5.88. The second-order valence-electron chi connectivity index (χ2n) is 9.63. The summed E-state index contributed by atoms with van der Waals surface area (Å²) in [6, 6.07) is 18.2. The predicted molar refractivity (Wildman–Crippen MR) is 137 cm³/mol. The van der Waals surface area contributed by atoms with Crippen molar-refractivity contribution in [3.05, 3.63) is 71.3 Å². The van der Waals surface area contributed by atoms with Crippen molar-refractivity contribution in [1.29, 1.82) is 0 Å². The lowest BCUT2D eigenvalue weighted by Crippen LogP contribution is -2.49. The molecule has 0 radical (unpaired) electrons. The third-order valence-electron chi connectivity index (χ3n) is 6.87. The van der Waals surface area contributed by atoms with E-state index >= 15 is 0 Å². The number of aliphatic carboxylic acids is 2. The molecule has 10 heteroatoms. The van der Waals surface area contributed by atoms with Gasteiger partial charge in [0.15, 0.2) is 0 Å². The van der Waals surface area contributed by atoms with Crippen LogP contribution in [0.25, 0.3) is 0 Å². The van der Waals surface area contributed by atoms with Crippen molar-refractivity contribution in [1.82, 2.24) is 15.8 Å². The zero-order valence-corrected chi connectivity index (χ0v) is 20.7. The SMILES string of the molecule is O=C(O)COC1(CC2CC(c3ccc(C=NNCc4ccccc4)cc3)NO2)CCN(CC(=O)O)CC1. The van der Waals surface area contributed by atoms with Gasteiger partial charge in [0, 0.05) is 19.5 Å². The minimum atomic E-state index is -1.02. The van der Waals surface area contributed by atoms with Crippen molar-refractivity contribution in [2.24, 2.45) is 5.10 Å². The Morgan fingerprint density at radius 1 is 1.11 bits per heavy atom. The van der Waals surface area contributed by atoms with E-state index in [0.29, 0.717) is 38.9 Å². The van der Waals surface area contributed by atoms with Crippen LogP contribution in [0.3, 0.4) is 0 Å². The minimum Gasteiger partial charge on any atom is -0.480 e. The number of nitrogens with one attached hydrogen (secondary N) is 2. The summed E-state index contributed by atoms with van der Waals surface area (Å²) in [5.41, 5.74) is 8.75. The summed E-state index contributed by atoms with van der Waals surface area (Å²) in [5, 5.41) is 22.5. The summed E-state index contributed by atoms with van der Waals surface area (Å²) in [5.74, 6) is -1.89. The molecular formula is C27H34N4O6. The van der Waals surface area contributed by atoms with E-state index in [2.05, 4.69) is 16.0 Å². The van der Waals surface area contributed by atoms with Gasteiger partial charge in [0.25, 0.3) is 0 Å². The van der Waals surface area contributed by atoms with Crippen LogP contribution in [-0.2, 0) is 25.7 Å². The van der Waals surface area contributed by atoms with Gasteiger partial charge >= 0.3 is 11.9 Å². The van der Waals surface area contributed by atoms with Crippen molar-refractivity contribution in [3.63, 3.8) is 0 Å². The standard InChI is InChI=1S/C27H34N4O6/c32-25(33)18-31-12-10-27(11-13-31,36-19-26(34)35)15-23-14-24(30-37-23)22-8-6-21(7-9-22)17-29-28-16-20-4-2-1-3-5-20/h1-9,17,23-24,28,30H,10-16,18-19H2,(H,32,33)(H,34,35). The van der Waals surface area contributed by atoms with Gasteiger partial charge in [-0.2, -0.15) is 10.6 Å². The fraction of sp³-hybridized carbons (Fsp3) is 0.444. The Kier molecular flexibility index (Phi) is 9.24. The number of hydrogen-bond acceptors (Lipinski definition) is 8. The Morgan fingerprint density at radius 3 is 2.51 bits per heavy atom. The van der Waals surface area contributed by atoms with E-state index in [4.69, 9.17) is 19.8 Å². The zero-order valence-electron chi connectivity index (χ0n) is 20.7. The van der Waals surface area contributed by atoms with Crippen molar-refractivity contribution in [2.45, 2.75) is 50.0 Å². The lowest BCUT2D eigenvalue weighted by Gasteiger charge is -2.42. The molecule has 2 aliphatic rings. The Morgan fingerprint density at radius 2 is 1.84 bits per heavy atom. The number of carbonyl (C=O) groups is 2. The molecule has 198 valence electrons. The van der Waals surface area contributed by atoms with Crippen LogP contribution in [0.2, 0.25) is 0 Å². The molecule has 2 heterocycles.